The van der Waals surface area contributed by atoms with E-state index in [0.717, 1.165) is 23.5 Å². The van der Waals surface area contributed by atoms with Crippen molar-refractivity contribution in [3.8, 4) is 11.5 Å². The van der Waals surface area contributed by atoms with Gasteiger partial charge in [0.25, 0.3) is 0 Å². The van der Waals surface area contributed by atoms with Gasteiger partial charge >= 0.3 is 0 Å². The van der Waals surface area contributed by atoms with Crippen LogP contribution in [0.2, 0.25) is 0 Å². The van der Waals surface area contributed by atoms with E-state index in [1.165, 1.54) is 5.56 Å². The average Bonchev–Trinajstić information content (AvgIpc) is 2.21. The fourth-order valence-corrected chi connectivity index (χ4v) is 1.49. The van der Waals surface area contributed by atoms with E-state index in [4.69, 9.17) is 9.47 Å². The lowest BCUT2D eigenvalue weighted by atomic mass is 10.0. The first-order valence-electron chi connectivity index (χ1n) is 4.56. The Bertz CT molecular complexity index is 329. The predicted octanol–water partition coefficient (Wildman–Crippen LogP) is 2.74. The van der Waals surface area contributed by atoms with Gasteiger partial charge in [-0.1, -0.05) is 12.1 Å². The van der Waals surface area contributed by atoms with Crippen LogP contribution in [0.25, 0.3) is 0 Å². The first-order valence-corrected chi connectivity index (χ1v) is 4.56. The number of methoxy groups -OCH3 is 2. The number of hydrogen-bond acceptors (Lipinski definition) is 2. The number of ether oxygens (including phenoxy) is 2. The van der Waals surface area contributed by atoms with E-state index in [1.54, 1.807) is 14.2 Å². The Morgan fingerprint density at radius 1 is 1.29 bits per heavy atom. The maximum atomic E-state index is 5.33. The third kappa shape index (κ3) is 1.90. The molecule has 0 aliphatic carbocycles. The molecule has 1 rings (SSSR count). The molecule has 14 heavy (non-hydrogen) atoms. The smallest absolute Gasteiger partial charge is 0.164 e. The van der Waals surface area contributed by atoms with Gasteiger partial charge in [-0.25, -0.2) is 0 Å². The highest BCUT2D eigenvalue weighted by Crippen LogP contribution is 2.33. The van der Waals surface area contributed by atoms with Gasteiger partial charge in [-0.3, -0.25) is 0 Å². The normalized spacial score (nSPS) is 9.64. The number of rotatable bonds is 4. The van der Waals surface area contributed by atoms with Crippen LogP contribution in [-0.2, 0) is 6.42 Å². The van der Waals surface area contributed by atoms with Crippen molar-refractivity contribution < 1.29 is 9.47 Å². The minimum Gasteiger partial charge on any atom is -0.493 e. The third-order valence-corrected chi connectivity index (χ3v) is 2.23. The maximum Gasteiger partial charge on any atom is 0.164 e. The zero-order chi connectivity index (χ0) is 10.6. The molecule has 0 unspecified atom stereocenters. The standard InChI is InChI=1S/C12H16O2/c1-5-6-10-9(2)7-8-11(13-3)12(10)14-4/h5,7-8H,1,6H2,2-4H3. The van der Waals surface area contributed by atoms with E-state index in [0.29, 0.717) is 0 Å². The van der Waals surface area contributed by atoms with E-state index in [-0.39, 0.29) is 0 Å². The summed E-state index contributed by atoms with van der Waals surface area (Å²) in [6, 6.07) is 3.95. The lowest BCUT2D eigenvalue weighted by Gasteiger charge is -2.13. The Hall–Kier alpha value is -1.44. The van der Waals surface area contributed by atoms with Crippen molar-refractivity contribution in [1.29, 1.82) is 0 Å². The van der Waals surface area contributed by atoms with Gasteiger partial charge < -0.3 is 9.47 Å². The summed E-state index contributed by atoms with van der Waals surface area (Å²) in [7, 11) is 3.30. The highest BCUT2D eigenvalue weighted by Gasteiger charge is 2.10. The minimum absolute atomic E-state index is 0.773. The Labute approximate surface area is 85.2 Å². The zero-order valence-electron chi connectivity index (χ0n) is 8.96. The molecule has 0 saturated carbocycles. The molecule has 0 spiro atoms. The second-order valence-electron chi connectivity index (χ2n) is 3.09. The van der Waals surface area contributed by atoms with Gasteiger partial charge in [-0.05, 0) is 25.0 Å². The molecule has 0 radical (unpaired) electrons. The van der Waals surface area contributed by atoms with Crippen LogP contribution >= 0.6 is 0 Å². The molecule has 0 bridgehead atoms. The maximum absolute atomic E-state index is 5.33. The molecule has 0 aliphatic rings. The average molecular weight is 192 g/mol. The van der Waals surface area contributed by atoms with Crippen LogP contribution in [0.5, 0.6) is 11.5 Å². The number of hydrogen-bond donors (Lipinski definition) is 0. The Morgan fingerprint density at radius 2 is 2.00 bits per heavy atom. The van der Waals surface area contributed by atoms with Gasteiger partial charge in [0.2, 0.25) is 0 Å². The zero-order valence-corrected chi connectivity index (χ0v) is 8.96. The lowest BCUT2D eigenvalue weighted by molar-refractivity contribution is 0.352. The molecule has 0 saturated heterocycles. The second-order valence-corrected chi connectivity index (χ2v) is 3.09. The lowest BCUT2D eigenvalue weighted by Crippen LogP contribution is -1.97. The van der Waals surface area contributed by atoms with Crippen LogP contribution < -0.4 is 9.47 Å². The molecular formula is C12H16O2. The summed E-state index contributed by atoms with van der Waals surface area (Å²) >= 11 is 0. The first kappa shape index (κ1) is 10.6. The van der Waals surface area contributed by atoms with Crippen molar-refractivity contribution in [2.75, 3.05) is 14.2 Å². The van der Waals surface area contributed by atoms with Crippen molar-refractivity contribution in [1.82, 2.24) is 0 Å². The molecule has 1 aromatic rings. The van der Waals surface area contributed by atoms with Crippen LogP contribution in [0.3, 0.4) is 0 Å². The summed E-state index contributed by atoms with van der Waals surface area (Å²) < 4.78 is 10.5. The van der Waals surface area contributed by atoms with E-state index in [2.05, 4.69) is 13.5 Å². The number of aryl methyl sites for hydroxylation is 1. The molecule has 0 fully saturated rings. The van der Waals surface area contributed by atoms with Gasteiger partial charge in [0.05, 0.1) is 14.2 Å². The van der Waals surface area contributed by atoms with Crippen molar-refractivity contribution in [2.24, 2.45) is 0 Å². The summed E-state index contributed by atoms with van der Waals surface area (Å²) in [5, 5.41) is 0. The molecule has 1 aromatic carbocycles. The second kappa shape index (κ2) is 4.70. The van der Waals surface area contributed by atoms with Gasteiger partial charge in [0.15, 0.2) is 11.5 Å². The van der Waals surface area contributed by atoms with Crippen LogP contribution in [0.4, 0.5) is 0 Å². The van der Waals surface area contributed by atoms with Crippen LogP contribution in [0.15, 0.2) is 24.8 Å². The van der Waals surface area contributed by atoms with Gasteiger partial charge in [0.1, 0.15) is 0 Å². The van der Waals surface area contributed by atoms with Crippen molar-refractivity contribution in [3.63, 3.8) is 0 Å². The van der Waals surface area contributed by atoms with Crippen molar-refractivity contribution in [2.45, 2.75) is 13.3 Å². The molecule has 2 heteroatoms. The number of benzene rings is 1. The van der Waals surface area contributed by atoms with Gasteiger partial charge in [-0.15, -0.1) is 6.58 Å². The molecule has 0 amide bonds. The highest BCUT2D eigenvalue weighted by atomic mass is 16.5. The fraction of sp³-hybridized carbons (Fsp3) is 0.333. The Morgan fingerprint density at radius 3 is 2.50 bits per heavy atom. The van der Waals surface area contributed by atoms with Crippen LogP contribution in [0.1, 0.15) is 11.1 Å². The van der Waals surface area contributed by atoms with Crippen molar-refractivity contribution >= 4 is 0 Å². The van der Waals surface area contributed by atoms with E-state index < -0.39 is 0 Å². The molecule has 0 heterocycles. The Kier molecular flexibility index (Phi) is 3.57. The van der Waals surface area contributed by atoms with E-state index in [1.807, 2.05) is 18.2 Å². The predicted molar refractivity (Wildman–Crippen MR) is 58.2 cm³/mol. The number of allylic oxidation sites excluding steroid dienone is 1. The molecular weight excluding hydrogens is 176 g/mol. The fourth-order valence-electron chi connectivity index (χ4n) is 1.49. The monoisotopic (exact) mass is 192 g/mol. The third-order valence-electron chi connectivity index (χ3n) is 2.23. The molecule has 2 nitrogen and oxygen atoms in total. The van der Waals surface area contributed by atoms with E-state index in [9.17, 15) is 0 Å². The summed E-state index contributed by atoms with van der Waals surface area (Å²) in [5.74, 6) is 1.59. The van der Waals surface area contributed by atoms with Crippen LogP contribution in [0, 0.1) is 6.92 Å². The summed E-state index contributed by atoms with van der Waals surface area (Å²) in [6.45, 7) is 5.79. The first-order chi connectivity index (χ1) is 6.74. The van der Waals surface area contributed by atoms with E-state index >= 15 is 0 Å². The summed E-state index contributed by atoms with van der Waals surface area (Å²) in [6.07, 6.45) is 2.66. The Balaban J connectivity index is 3.26. The molecule has 0 aliphatic heterocycles. The topological polar surface area (TPSA) is 18.5 Å². The minimum atomic E-state index is 0.773. The molecule has 0 atom stereocenters. The molecule has 0 N–H and O–H groups in total. The quantitative estimate of drug-likeness (QED) is 0.683. The van der Waals surface area contributed by atoms with Crippen molar-refractivity contribution in [3.05, 3.63) is 35.9 Å². The summed E-state index contributed by atoms with van der Waals surface area (Å²) in [5.41, 5.74) is 2.34. The van der Waals surface area contributed by atoms with Gasteiger partial charge in [-0.2, -0.15) is 0 Å². The highest BCUT2D eigenvalue weighted by molar-refractivity contribution is 5.51. The van der Waals surface area contributed by atoms with Gasteiger partial charge in [0, 0.05) is 5.56 Å². The SMILES string of the molecule is C=CCc1c(C)ccc(OC)c1OC. The largest absolute Gasteiger partial charge is 0.493 e. The molecule has 0 aromatic heterocycles. The summed E-state index contributed by atoms with van der Waals surface area (Å²) in [4.78, 5) is 0. The molecule has 76 valence electrons. The van der Waals surface area contributed by atoms with Crippen LogP contribution in [-0.4, -0.2) is 14.2 Å².